The minimum Gasteiger partial charge on any atom is -0.326 e. The molecule has 2 aromatic carbocycles. The third-order valence-corrected chi connectivity index (χ3v) is 6.36. The summed E-state index contributed by atoms with van der Waals surface area (Å²) in [5, 5.41) is 12.1. The van der Waals surface area contributed by atoms with Crippen molar-refractivity contribution in [2.24, 2.45) is 5.92 Å². The summed E-state index contributed by atoms with van der Waals surface area (Å²) in [4.78, 5) is 12.7. The van der Waals surface area contributed by atoms with Crippen molar-refractivity contribution >= 4 is 23.2 Å². The number of aromatic nitrogens is 3. The van der Waals surface area contributed by atoms with E-state index >= 15 is 0 Å². The molecule has 5 nitrogen and oxygen atoms in total. The lowest BCUT2D eigenvalue weighted by molar-refractivity contribution is -0.117. The lowest BCUT2D eigenvalue weighted by atomic mass is 10.1. The first-order valence-corrected chi connectivity index (χ1v) is 10.8. The summed E-state index contributed by atoms with van der Waals surface area (Å²) in [5.74, 6) is 0.997. The summed E-state index contributed by atoms with van der Waals surface area (Å²) in [7, 11) is 0. The maximum atomic E-state index is 14.6. The van der Waals surface area contributed by atoms with Crippen LogP contribution in [0.25, 0.3) is 11.4 Å². The molecule has 1 saturated carbocycles. The number of nitrogens with zero attached hydrogens (tertiary/aromatic N) is 3. The summed E-state index contributed by atoms with van der Waals surface area (Å²) in [6, 6.07) is 12.2. The molecule has 2 atom stereocenters. The van der Waals surface area contributed by atoms with E-state index in [9.17, 15) is 9.18 Å². The number of hydrogen-bond donors (Lipinski definition) is 1. The number of rotatable bonds is 4. The van der Waals surface area contributed by atoms with Crippen molar-refractivity contribution in [3.63, 3.8) is 0 Å². The van der Waals surface area contributed by atoms with Crippen LogP contribution in [0.4, 0.5) is 10.1 Å². The summed E-state index contributed by atoms with van der Waals surface area (Å²) in [6.07, 6.45) is 4.86. The Morgan fingerprint density at radius 1 is 1.13 bits per heavy atom. The molecule has 1 fully saturated rings. The van der Waals surface area contributed by atoms with Crippen LogP contribution in [0.5, 0.6) is 0 Å². The molecule has 0 radical (unpaired) electrons. The summed E-state index contributed by atoms with van der Waals surface area (Å²) >= 11 is 6.27. The number of benzene rings is 2. The number of anilines is 1. The molecule has 154 valence electrons. The number of carbonyl (C=O) groups is 1. The summed E-state index contributed by atoms with van der Waals surface area (Å²) in [5.41, 5.74) is 1.93. The van der Waals surface area contributed by atoms with Crippen molar-refractivity contribution in [3.8, 4) is 11.4 Å². The first-order chi connectivity index (χ1) is 14.6. The van der Waals surface area contributed by atoms with Gasteiger partial charge in [-0.25, -0.2) is 4.39 Å². The standard InChI is InChI=1S/C23H22ClFN4O/c24-19-7-4-3-6-15(19)16-13-17(16)23(30)26-14-9-10-20(25)18(12-14)22-28-27-21-8-2-1-5-11-29(21)22/h3-4,6-7,9-10,12,16-17H,1-2,5,8,11,13H2,(H,26,30). The van der Waals surface area contributed by atoms with E-state index in [0.29, 0.717) is 22.1 Å². The molecule has 0 bridgehead atoms. The predicted molar refractivity (Wildman–Crippen MR) is 114 cm³/mol. The van der Waals surface area contributed by atoms with E-state index in [-0.39, 0.29) is 23.6 Å². The van der Waals surface area contributed by atoms with Crippen molar-refractivity contribution in [1.29, 1.82) is 0 Å². The third-order valence-electron chi connectivity index (χ3n) is 6.02. The highest BCUT2D eigenvalue weighted by molar-refractivity contribution is 6.31. The van der Waals surface area contributed by atoms with Gasteiger partial charge in [-0.3, -0.25) is 4.79 Å². The van der Waals surface area contributed by atoms with Crippen molar-refractivity contribution in [2.75, 3.05) is 5.32 Å². The van der Waals surface area contributed by atoms with E-state index in [4.69, 9.17) is 11.6 Å². The van der Waals surface area contributed by atoms with Crippen LogP contribution >= 0.6 is 11.6 Å². The van der Waals surface area contributed by atoms with Crippen LogP contribution in [-0.2, 0) is 17.8 Å². The summed E-state index contributed by atoms with van der Waals surface area (Å²) in [6.45, 7) is 0.787. The maximum absolute atomic E-state index is 14.6. The van der Waals surface area contributed by atoms with Gasteiger partial charge in [0, 0.05) is 29.6 Å². The Hall–Kier alpha value is -2.73. The van der Waals surface area contributed by atoms with Gasteiger partial charge in [0.05, 0.1) is 5.56 Å². The highest BCUT2D eigenvalue weighted by atomic mass is 35.5. The minimum absolute atomic E-state index is 0.0717. The van der Waals surface area contributed by atoms with Crippen LogP contribution in [0, 0.1) is 11.7 Å². The minimum atomic E-state index is -0.368. The van der Waals surface area contributed by atoms with Gasteiger partial charge < -0.3 is 9.88 Å². The van der Waals surface area contributed by atoms with Gasteiger partial charge in [-0.05, 0) is 55.0 Å². The maximum Gasteiger partial charge on any atom is 0.228 e. The summed E-state index contributed by atoms with van der Waals surface area (Å²) < 4.78 is 16.6. The van der Waals surface area contributed by atoms with Crippen LogP contribution in [0.1, 0.15) is 43.0 Å². The molecule has 1 amide bonds. The van der Waals surface area contributed by atoms with E-state index in [2.05, 4.69) is 15.5 Å². The molecule has 1 aliphatic carbocycles. The molecular formula is C23H22ClFN4O. The molecule has 1 aliphatic heterocycles. The Morgan fingerprint density at radius 3 is 2.87 bits per heavy atom. The van der Waals surface area contributed by atoms with Gasteiger partial charge in [-0.15, -0.1) is 10.2 Å². The Kier molecular flexibility index (Phi) is 5.03. The fraction of sp³-hybridized carbons (Fsp3) is 0.348. The van der Waals surface area contributed by atoms with Crippen molar-refractivity contribution < 1.29 is 9.18 Å². The van der Waals surface area contributed by atoms with Gasteiger partial charge >= 0.3 is 0 Å². The fourth-order valence-electron chi connectivity index (χ4n) is 4.30. The predicted octanol–water partition coefficient (Wildman–Crippen LogP) is 5.21. The zero-order chi connectivity index (χ0) is 20.7. The highest BCUT2D eigenvalue weighted by Gasteiger charge is 2.44. The topological polar surface area (TPSA) is 59.8 Å². The third kappa shape index (κ3) is 3.60. The van der Waals surface area contributed by atoms with Crippen LogP contribution < -0.4 is 5.32 Å². The zero-order valence-electron chi connectivity index (χ0n) is 16.4. The number of fused-ring (bicyclic) bond motifs is 1. The first-order valence-electron chi connectivity index (χ1n) is 10.4. The monoisotopic (exact) mass is 424 g/mol. The fourth-order valence-corrected chi connectivity index (χ4v) is 4.57. The number of nitrogens with one attached hydrogen (secondary N) is 1. The van der Waals surface area contributed by atoms with Crippen molar-refractivity contribution in [3.05, 3.63) is 64.7 Å². The number of halogens is 2. The second-order valence-electron chi connectivity index (χ2n) is 8.06. The van der Waals surface area contributed by atoms with Crippen LogP contribution in [0.15, 0.2) is 42.5 Å². The second-order valence-corrected chi connectivity index (χ2v) is 8.46. The van der Waals surface area contributed by atoms with Gasteiger partial charge in [-0.1, -0.05) is 36.2 Å². The highest BCUT2D eigenvalue weighted by Crippen LogP contribution is 2.50. The van der Waals surface area contributed by atoms with Gasteiger partial charge in [0.2, 0.25) is 5.91 Å². The number of hydrogen-bond acceptors (Lipinski definition) is 3. The molecule has 3 aromatic rings. The molecule has 2 unspecified atom stereocenters. The van der Waals surface area contributed by atoms with Crippen LogP contribution in [0.3, 0.4) is 0 Å². The van der Waals surface area contributed by atoms with Crippen LogP contribution in [-0.4, -0.2) is 20.7 Å². The first kappa shape index (κ1) is 19.2. The molecule has 2 heterocycles. The van der Waals surface area contributed by atoms with Gasteiger partial charge in [0.25, 0.3) is 0 Å². The molecule has 2 aliphatic rings. The number of carbonyl (C=O) groups excluding carboxylic acids is 1. The molecule has 5 rings (SSSR count). The number of amides is 1. The zero-order valence-corrected chi connectivity index (χ0v) is 17.2. The van der Waals surface area contributed by atoms with E-state index in [1.54, 1.807) is 12.1 Å². The molecule has 1 aromatic heterocycles. The Labute approximate surface area is 179 Å². The Bertz CT molecular complexity index is 1110. The molecule has 0 spiro atoms. The lowest BCUT2D eigenvalue weighted by Gasteiger charge is -2.11. The normalized spacial score (nSPS) is 20.3. The van der Waals surface area contributed by atoms with E-state index in [1.165, 1.54) is 6.07 Å². The van der Waals surface area contributed by atoms with Crippen molar-refractivity contribution in [2.45, 2.75) is 44.6 Å². The number of aryl methyl sites for hydroxylation is 1. The van der Waals surface area contributed by atoms with Gasteiger partial charge in [-0.2, -0.15) is 0 Å². The Morgan fingerprint density at radius 2 is 2.00 bits per heavy atom. The molecule has 7 heteroatoms. The molecular weight excluding hydrogens is 403 g/mol. The molecule has 30 heavy (non-hydrogen) atoms. The molecule has 0 saturated heterocycles. The quantitative estimate of drug-likeness (QED) is 0.625. The lowest BCUT2D eigenvalue weighted by Crippen LogP contribution is -2.15. The van der Waals surface area contributed by atoms with Crippen LogP contribution in [0.2, 0.25) is 5.02 Å². The van der Waals surface area contributed by atoms with Crippen molar-refractivity contribution in [1.82, 2.24) is 14.8 Å². The van der Waals surface area contributed by atoms with Gasteiger partial charge in [0.15, 0.2) is 5.82 Å². The van der Waals surface area contributed by atoms with Gasteiger partial charge in [0.1, 0.15) is 11.6 Å². The largest absolute Gasteiger partial charge is 0.326 e. The SMILES string of the molecule is O=C(Nc1ccc(F)c(-c2nnc3n2CCCCC3)c1)C1CC1c1ccccc1Cl. The average Bonchev–Trinajstić information content (AvgIpc) is 3.49. The van der Waals surface area contributed by atoms with E-state index < -0.39 is 0 Å². The second kappa shape index (κ2) is 7.84. The Balaban J connectivity index is 1.36. The smallest absolute Gasteiger partial charge is 0.228 e. The average molecular weight is 425 g/mol. The van der Waals surface area contributed by atoms with E-state index in [0.717, 1.165) is 50.0 Å². The van der Waals surface area contributed by atoms with E-state index in [1.807, 2.05) is 28.8 Å². The molecule has 1 N–H and O–H groups in total.